The summed E-state index contributed by atoms with van der Waals surface area (Å²) in [5.41, 5.74) is 2.22. The first-order valence-corrected chi connectivity index (χ1v) is 14.3. The molecular formula is C28H31Cl2N3O4S. The van der Waals surface area contributed by atoms with Crippen LogP contribution in [0.5, 0.6) is 0 Å². The van der Waals surface area contributed by atoms with Gasteiger partial charge in [0.15, 0.2) is 0 Å². The molecule has 1 N–H and O–H groups in total. The van der Waals surface area contributed by atoms with Crippen molar-refractivity contribution in [3.63, 3.8) is 0 Å². The number of halogens is 2. The summed E-state index contributed by atoms with van der Waals surface area (Å²) >= 11 is 12.9. The lowest BCUT2D eigenvalue weighted by Gasteiger charge is -2.33. The number of aryl methyl sites for hydroxylation is 1. The molecule has 0 heterocycles. The van der Waals surface area contributed by atoms with E-state index in [1.165, 1.54) is 24.1 Å². The first-order chi connectivity index (χ1) is 18.0. The molecule has 0 aliphatic carbocycles. The van der Waals surface area contributed by atoms with Gasteiger partial charge in [0.2, 0.25) is 21.8 Å². The van der Waals surface area contributed by atoms with Gasteiger partial charge >= 0.3 is 0 Å². The van der Waals surface area contributed by atoms with Crippen LogP contribution in [-0.4, -0.2) is 55.6 Å². The maximum Gasteiger partial charge on any atom is 0.243 e. The van der Waals surface area contributed by atoms with E-state index in [-0.39, 0.29) is 23.8 Å². The van der Waals surface area contributed by atoms with E-state index in [2.05, 4.69) is 5.32 Å². The molecule has 202 valence electrons. The van der Waals surface area contributed by atoms with Gasteiger partial charge in [-0.1, -0.05) is 77.3 Å². The van der Waals surface area contributed by atoms with E-state index in [0.717, 1.165) is 15.4 Å². The number of nitrogens with one attached hydrogen (secondary N) is 1. The van der Waals surface area contributed by atoms with Gasteiger partial charge in [0.25, 0.3) is 0 Å². The number of rotatable bonds is 11. The predicted octanol–water partition coefficient (Wildman–Crippen LogP) is 4.70. The largest absolute Gasteiger partial charge is 0.355 e. The Kier molecular flexibility index (Phi) is 10.3. The normalized spacial score (nSPS) is 12.3. The van der Waals surface area contributed by atoms with Crippen molar-refractivity contribution in [2.24, 2.45) is 0 Å². The van der Waals surface area contributed by atoms with Crippen LogP contribution in [0.3, 0.4) is 0 Å². The summed E-state index contributed by atoms with van der Waals surface area (Å²) in [6, 6.07) is 19.7. The van der Waals surface area contributed by atoms with Gasteiger partial charge in [-0.05, 0) is 43.7 Å². The van der Waals surface area contributed by atoms with Crippen molar-refractivity contribution in [3.05, 3.63) is 99.5 Å². The second kappa shape index (κ2) is 13.2. The van der Waals surface area contributed by atoms with Gasteiger partial charge in [-0.25, -0.2) is 8.42 Å². The Morgan fingerprint density at radius 3 is 2.11 bits per heavy atom. The van der Waals surface area contributed by atoms with E-state index >= 15 is 0 Å². The molecule has 0 radical (unpaired) electrons. The fourth-order valence-corrected chi connectivity index (χ4v) is 5.59. The van der Waals surface area contributed by atoms with E-state index in [1.807, 2.05) is 37.3 Å². The standard InChI is InChI=1S/C28H31Cl2N3O4S/c1-4-31-28(35)26(17-21-9-6-5-7-10-21)33(18-23-24(29)11-8-12-25(23)30)27(34)19-32(3)38(36,37)22-15-13-20(2)14-16-22/h5-16,26H,4,17-19H2,1-3H3,(H,31,35)/t26-/m1/s1. The third-order valence-electron chi connectivity index (χ3n) is 6.10. The summed E-state index contributed by atoms with van der Waals surface area (Å²) in [7, 11) is -2.62. The van der Waals surface area contributed by atoms with Gasteiger partial charge in [-0.2, -0.15) is 4.31 Å². The van der Waals surface area contributed by atoms with Gasteiger partial charge in [-0.3, -0.25) is 9.59 Å². The Morgan fingerprint density at radius 2 is 1.53 bits per heavy atom. The summed E-state index contributed by atoms with van der Waals surface area (Å²) in [5, 5.41) is 3.48. The molecule has 7 nitrogen and oxygen atoms in total. The van der Waals surface area contributed by atoms with Crippen molar-refractivity contribution >= 4 is 45.0 Å². The fraction of sp³-hybridized carbons (Fsp3) is 0.286. The molecule has 3 aromatic carbocycles. The van der Waals surface area contributed by atoms with Crippen molar-refractivity contribution < 1.29 is 18.0 Å². The molecule has 0 fully saturated rings. The Balaban J connectivity index is 2.00. The van der Waals surface area contributed by atoms with Crippen molar-refractivity contribution in [3.8, 4) is 0 Å². The molecule has 0 aromatic heterocycles. The number of likely N-dealkylation sites (N-methyl/N-ethyl adjacent to an activating group) is 2. The number of nitrogens with zero attached hydrogens (tertiary/aromatic N) is 2. The Labute approximate surface area is 234 Å². The van der Waals surface area contributed by atoms with Crippen LogP contribution in [-0.2, 0) is 32.6 Å². The van der Waals surface area contributed by atoms with Gasteiger partial charge in [0, 0.05) is 42.2 Å². The molecule has 38 heavy (non-hydrogen) atoms. The number of sulfonamides is 1. The smallest absolute Gasteiger partial charge is 0.243 e. The Bertz CT molecular complexity index is 1350. The molecule has 2 amide bonds. The first kappa shape index (κ1) is 29.6. The minimum atomic E-state index is -3.96. The van der Waals surface area contributed by atoms with E-state index in [9.17, 15) is 18.0 Å². The van der Waals surface area contributed by atoms with Gasteiger partial charge in [-0.15, -0.1) is 0 Å². The molecule has 1 atom stereocenters. The van der Waals surface area contributed by atoms with E-state index in [4.69, 9.17) is 23.2 Å². The SMILES string of the molecule is CCNC(=O)[C@@H](Cc1ccccc1)N(Cc1c(Cl)cccc1Cl)C(=O)CN(C)S(=O)(=O)c1ccc(C)cc1. The lowest BCUT2D eigenvalue weighted by molar-refractivity contribution is -0.141. The molecule has 3 rings (SSSR count). The van der Waals surface area contributed by atoms with Crippen LogP contribution < -0.4 is 5.32 Å². The van der Waals surface area contributed by atoms with Crippen LogP contribution >= 0.6 is 23.2 Å². The Morgan fingerprint density at radius 1 is 0.921 bits per heavy atom. The van der Waals surface area contributed by atoms with Crippen molar-refractivity contribution in [2.45, 2.75) is 37.8 Å². The van der Waals surface area contributed by atoms with Crippen molar-refractivity contribution in [1.29, 1.82) is 0 Å². The quantitative estimate of drug-likeness (QED) is 0.359. The average Bonchev–Trinajstić information content (AvgIpc) is 2.88. The highest BCUT2D eigenvalue weighted by molar-refractivity contribution is 7.89. The summed E-state index contributed by atoms with van der Waals surface area (Å²) < 4.78 is 27.4. The highest BCUT2D eigenvalue weighted by Crippen LogP contribution is 2.27. The van der Waals surface area contributed by atoms with Crippen LogP contribution in [0, 0.1) is 6.92 Å². The number of amides is 2. The maximum atomic E-state index is 13.8. The summed E-state index contributed by atoms with van der Waals surface area (Å²) in [5.74, 6) is -0.928. The van der Waals surface area contributed by atoms with Gasteiger partial charge in [0.1, 0.15) is 6.04 Å². The number of hydrogen-bond acceptors (Lipinski definition) is 4. The van der Waals surface area contributed by atoms with Crippen molar-refractivity contribution in [1.82, 2.24) is 14.5 Å². The molecule has 0 aliphatic rings. The lowest BCUT2D eigenvalue weighted by atomic mass is 10.0. The lowest BCUT2D eigenvalue weighted by Crippen LogP contribution is -2.53. The zero-order chi connectivity index (χ0) is 27.9. The summed E-state index contributed by atoms with van der Waals surface area (Å²) in [4.78, 5) is 28.5. The molecule has 0 aliphatic heterocycles. The molecule has 0 spiro atoms. The molecule has 0 unspecified atom stereocenters. The minimum Gasteiger partial charge on any atom is -0.355 e. The van der Waals surface area contributed by atoms with E-state index in [0.29, 0.717) is 22.2 Å². The molecule has 0 saturated heterocycles. The third-order valence-corrected chi connectivity index (χ3v) is 8.63. The summed E-state index contributed by atoms with van der Waals surface area (Å²) in [6.07, 6.45) is 0.217. The van der Waals surface area contributed by atoms with Gasteiger partial charge in [0.05, 0.1) is 11.4 Å². The highest BCUT2D eigenvalue weighted by Gasteiger charge is 2.33. The average molecular weight is 577 g/mol. The fourth-order valence-electron chi connectivity index (χ4n) is 3.96. The van der Waals surface area contributed by atoms with Crippen LogP contribution in [0.25, 0.3) is 0 Å². The molecule has 3 aromatic rings. The number of carbonyl (C=O) groups is 2. The molecule has 0 saturated carbocycles. The zero-order valence-corrected chi connectivity index (χ0v) is 23.9. The maximum absolute atomic E-state index is 13.8. The highest BCUT2D eigenvalue weighted by atomic mass is 35.5. The monoisotopic (exact) mass is 575 g/mol. The zero-order valence-electron chi connectivity index (χ0n) is 21.5. The van der Waals surface area contributed by atoms with Crippen LogP contribution in [0.4, 0.5) is 0 Å². The number of carbonyl (C=O) groups excluding carboxylic acids is 2. The minimum absolute atomic E-state index is 0.0728. The molecule has 10 heteroatoms. The Hall–Kier alpha value is -2.91. The molecule has 0 bridgehead atoms. The van der Waals surface area contributed by atoms with Crippen LogP contribution in [0.15, 0.2) is 77.7 Å². The first-order valence-electron chi connectivity index (χ1n) is 12.1. The summed E-state index contributed by atoms with van der Waals surface area (Å²) in [6.45, 7) is 3.44. The third kappa shape index (κ3) is 7.35. The topological polar surface area (TPSA) is 86.8 Å². The second-order valence-corrected chi connectivity index (χ2v) is 11.8. The van der Waals surface area contributed by atoms with Crippen molar-refractivity contribution in [2.75, 3.05) is 20.1 Å². The number of hydrogen-bond donors (Lipinski definition) is 1. The second-order valence-electron chi connectivity index (χ2n) is 8.90. The van der Waals surface area contributed by atoms with E-state index < -0.39 is 28.5 Å². The number of benzene rings is 3. The molecular weight excluding hydrogens is 545 g/mol. The van der Waals surface area contributed by atoms with Crippen LogP contribution in [0.1, 0.15) is 23.6 Å². The van der Waals surface area contributed by atoms with Crippen LogP contribution in [0.2, 0.25) is 10.0 Å². The predicted molar refractivity (Wildman–Crippen MR) is 151 cm³/mol. The van der Waals surface area contributed by atoms with E-state index in [1.54, 1.807) is 37.3 Å². The van der Waals surface area contributed by atoms with Gasteiger partial charge < -0.3 is 10.2 Å².